The number of hydrogen-bond donors (Lipinski definition) is 1. The summed E-state index contributed by atoms with van der Waals surface area (Å²) in [6, 6.07) is 19.3. The van der Waals surface area contributed by atoms with Gasteiger partial charge in [-0.1, -0.05) is 48.2 Å². The lowest BCUT2D eigenvalue weighted by atomic mass is 10.2. The van der Waals surface area contributed by atoms with Crippen molar-refractivity contribution < 1.29 is 13.6 Å². The third-order valence-electron chi connectivity index (χ3n) is 4.39. The number of halogens is 1. The standard InChI is InChI=1S/C22H19FN4O2S/c1-15(21(28)24-18-10-5-9-17(23)13-18)30-22-26-25-20(19-11-6-12-29-19)27(22)14-16-7-3-2-4-8-16/h2-13,15H,14H2,1H3,(H,24,28). The number of nitrogens with zero attached hydrogens (tertiary/aromatic N) is 3. The van der Waals surface area contributed by atoms with Crippen LogP contribution in [0.25, 0.3) is 11.6 Å². The Balaban J connectivity index is 1.56. The first kappa shape index (κ1) is 19.9. The number of benzene rings is 2. The van der Waals surface area contributed by atoms with Gasteiger partial charge in [0.25, 0.3) is 0 Å². The molecule has 0 radical (unpaired) electrons. The van der Waals surface area contributed by atoms with Crippen molar-refractivity contribution in [1.82, 2.24) is 14.8 Å². The van der Waals surface area contributed by atoms with E-state index in [2.05, 4.69) is 15.5 Å². The Morgan fingerprint density at radius 3 is 2.70 bits per heavy atom. The molecule has 0 aliphatic carbocycles. The highest BCUT2D eigenvalue weighted by Crippen LogP contribution is 2.28. The molecule has 2 aromatic heterocycles. The van der Waals surface area contributed by atoms with Crippen LogP contribution in [0.4, 0.5) is 10.1 Å². The van der Waals surface area contributed by atoms with Crippen LogP contribution >= 0.6 is 11.8 Å². The summed E-state index contributed by atoms with van der Waals surface area (Å²) in [5, 5.41) is 11.4. The molecule has 30 heavy (non-hydrogen) atoms. The van der Waals surface area contributed by atoms with Gasteiger partial charge >= 0.3 is 0 Å². The quantitative estimate of drug-likeness (QED) is 0.431. The Hall–Kier alpha value is -3.39. The van der Waals surface area contributed by atoms with Crippen molar-refractivity contribution in [1.29, 1.82) is 0 Å². The zero-order chi connectivity index (χ0) is 20.9. The minimum atomic E-state index is -0.476. The van der Waals surface area contributed by atoms with Crippen LogP contribution in [0.3, 0.4) is 0 Å². The van der Waals surface area contributed by atoms with Crippen molar-refractivity contribution in [2.24, 2.45) is 0 Å². The molecule has 1 unspecified atom stereocenters. The maximum Gasteiger partial charge on any atom is 0.237 e. The number of carbonyl (C=O) groups is 1. The Labute approximate surface area is 177 Å². The van der Waals surface area contributed by atoms with E-state index in [0.29, 0.717) is 29.0 Å². The van der Waals surface area contributed by atoms with Gasteiger partial charge in [-0.15, -0.1) is 10.2 Å². The van der Waals surface area contributed by atoms with Crippen LogP contribution in [0, 0.1) is 5.82 Å². The van der Waals surface area contributed by atoms with Gasteiger partial charge in [0, 0.05) is 5.69 Å². The molecule has 0 spiro atoms. The highest BCUT2D eigenvalue weighted by atomic mass is 32.2. The van der Waals surface area contributed by atoms with Gasteiger partial charge in [-0.25, -0.2) is 4.39 Å². The van der Waals surface area contributed by atoms with Crippen LogP contribution in [0.15, 0.2) is 82.6 Å². The minimum absolute atomic E-state index is 0.251. The number of rotatable bonds is 7. The second-order valence-corrected chi connectivity index (χ2v) is 7.92. The SMILES string of the molecule is CC(Sc1nnc(-c2ccco2)n1Cc1ccccc1)C(=O)Nc1cccc(F)c1. The van der Waals surface area contributed by atoms with Crippen LogP contribution in [0.2, 0.25) is 0 Å². The van der Waals surface area contributed by atoms with Crippen LogP contribution in [0.1, 0.15) is 12.5 Å². The highest BCUT2D eigenvalue weighted by molar-refractivity contribution is 8.00. The maximum absolute atomic E-state index is 13.4. The van der Waals surface area contributed by atoms with Crippen LogP contribution < -0.4 is 5.32 Å². The van der Waals surface area contributed by atoms with E-state index in [9.17, 15) is 9.18 Å². The summed E-state index contributed by atoms with van der Waals surface area (Å²) in [7, 11) is 0. The number of aromatic nitrogens is 3. The molecule has 4 aromatic rings. The second kappa shape index (κ2) is 8.96. The van der Waals surface area contributed by atoms with Crippen molar-refractivity contribution in [2.45, 2.75) is 23.9 Å². The van der Waals surface area contributed by atoms with Crippen LogP contribution in [-0.4, -0.2) is 25.9 Å². The summed E-state index contributed by atoms with van der Waals surface area (Å²) in [6.07, 6.45) is 1.58. The summed E-state index contributed by atoms with van der Waals surface area (Å²) >= 11 is 1.28. The van der Waals surface area contributed by atoms with Crippen molar-refractivity contribution >= 4 is 23.4 Å². The van der Waals surface area contributed by atoms with Crippen molar-refractivity contribution in [3.05, 3.63) is 84.4 Å². The van der Waals surface area contributed by atoms with E-state index < -0.39 is 11.1 Å². The first-order chi connectivity index (χ1) is 14.6. The molecule has 2 heterocycles. The molecule has 0 fully saturated rings. The van der Waals surface area contributed by atoms with Gasteiger partial charge in [0.15, 0.2) is 10.9 Å². The molecular formula is C22H19FN4O2S. The fraction of sp³-hybridized carbons (Fsp3) is 0.136. The topological polar surface area (TPSA) is 73.0 Å². The Bertz CT molecular complexity index is 1130. The molecule has 1 N–H and O–H groups in total. The van der Waals surface area contributed by atoms with E-state index in [1.165, 1.54) is 23.9 Å². The molecule has 2 aromatic carbocycles. The predicted octanol–water partition coefficient (Wildman–Crippen LogP) is 4.84. The molecule has 1 atom stereocenters. The van der Waals surface area contributed by atoms with Gasteiger partial charge in [0.1, 0.15) is 5.82 Å². The summed E-state index contributed by atoms with van der Waals surface area (Å²) in [6.45, 7) is 2.30. The zero-order valence-electron chi connectivity index (χ0n) is 16.2. The molecule has 0 aliphatic rings. The lowest BCUT2D eigenvalue weighted by Gasteiger charge is -2.13. The molecule has 152 valence electrons. The van der Waals surface area contributed by atoms with Gasteiger partial charge in [-0.2, -0.15) is 0 Å². The maximum atomic E-state index is 13.4. The third-order valence-corrected chi connectivity index (χ3v) is 5.47. The van der Waals surface area contributed by atoms with Crippen LogP contribution in [-0.2, 0) is 11.3 Å². The van der Waals surface area contributed by atoms with Gasteiger partial charge < -0.3 is 9.73 Å². The van der Waals surface area contributed by atoms with Gasteiger partial charge in [-0.05, 0) is 42.8 Å². The Kier molecular flexibility index (Phi) is 5.94. The summed E-state index contributed by atoms with van der Waals surface area (Å²) in [4.78, 5) is 12.6. The smallest absolute Gasteiger partial charge is 0.237 e. The summed E-state index contributed by atoms with van der Waals surface area (Å²) in [5.74, 6) is 0.532. The number of amides is 1. The number of furan rings is 1. The Morgan fingerprint density at radius 2 is 1.97 bits per heavy atom. The molecule has 6 nitrogen and oxygen atoms in total. The number of thioether (sulfide) groups is 1. The molecule has 0 bridgehead atoms. The van der Waals surface area contributed by atoms with Crippen molar-refractivity contribution in [2.75, 3.05) is 5.32 Å². The molecular weight excluding hydrogens is 403 g/mol. The first-order valence-corrected chi connectivity index (χ1v) is 10.2. The largest absolute Gasteiger partial charge is 0.461 e. The number of carbonyl (C=O) groups excluding carboxylic acids is 1. The molecule has 0 saturated heterocycles. The number of nitrogens with one attached hydrogen (secondary N) is 1. The third kappa shape index (κ3) is 4.60. The van der Waals surface area contributed by atoms with Gasteiger partial charge in [0.05, 0.1) is 18.1 Å². The molecule has 4 rings (SSSR count). The summed E-state index contributed by atoms with van der Waals surface area (Å²) < 4.78 is 20.8. The predicted molar refractivity (Wildman–Crippen MR) is 114 cm³/mol. The molecule has 8 heteroatoms. The molecule has 0 aliphatic heterocycles. The normalized spacial score (nSPS) is 11.9. The van der Waals surface area contributed by atoms with Gasteiger partial charge in [0.2, 0.25) is 11.7 Å². The van der Waals surface area contributed by atoms with Gasteiger partial charge in [-0.3, -0.25) is 9.36 Å². The van der Waals surface area contributed by atoms with E-state index >= 15 is 0 Å². The van der Waals surface area contributed by atoms with E-state index in [-0.39, 0.29) is 5.91 Å². The molecule has 0 saturated carbocycles. The average molecular weight is 422 g/mol. The van der Waals surface area contributed by atoms with E-state index in [1.54, 1.807) is 31.4 Å². The first-order valence-electron chi connectivity index (χ1n) is 9.34. The van der Waals surface area contributed by atoms with E-state index in [1.807, 2.05) is 41.0 Å². The number of anilines is 1. The van der Waals surface area contributed by atoms with Crippen molar-refractivity contribution in [3.8, 4) is 11.6 Å². The van der Waals surface area contributed by atoms with Crippen LogP contribution in [0.5, 0.6) is 0 Å². The van der Waals surface area contributed by atoms with Crippen molar-refractivity contribution in [3.63, 3.8) is 0 Å². The van der Waals surface area contributed by atoms with E-state index in [0.717, 1.165) is 5.56 Å². The fourth-order valence-electron chi connectivity index (χ4n) is 2.89. The molecule has 1 amide bonds. The number of hydrogen-bond acceptors (Lipinski definition) is 5. The second-order valence-electron chi connectivity index (χ2n) is 6.61. The lowest BCUT2D eigenvalue weighted by molar-refractivity contribution is -0.115. The van der Waals surface area contributed by atoms with E-state index in [4.69, 9.17) is 4.42 Å². The summed E-state index contributed by atoms with van der Waals surface area (Å²) in [5.41, 5.74) is 1.48. The zero-order valence-corrected chi connectivity index (χ0v) is 17.0. The monoisotopic (exact) mass is 422 g/mol. The fourth-order valence-corrected chi connectivity index (χ4v) is 3.74. The average Bonchev–Trinajstić information content (AvgIpc) is 3.39. The minimum Gasteiger partial charge on any atom is -0.461 e. The highest BCUT2D eigenvalue weighted by Gasteiger charge is 2.22. The lowest BCUT2D eigenvalue weighted by Crippen LogP contribution is -2.23. The Morgan fingerprint density at radius 1 is 1.13 bits per heavy atom.